The molecule has 0 aliphatic carbocycles. The van der Waals surface area contributed by atoms with Gasteiger partial charge in [-0.1, -0.05) is 42.5 Å². The fourth-order valence-corrected chi connectivity index (χ4v) is 4.64. The first kappa shape index (κ1) is 22.8. The van der Waals surface area contributed by atoms with Crippen LogP contribution in [0.25, 0.3) is 16.7 Å². The number of rotatable bonds is 9. The Hall–Kier alpha value is -4.01. The van der Waals surface area contributed by atoms with Crippen LogP contribution in [-0.4, -0.2) is 55.5 Å². The lowest BCUT2D eigenvalue weighted by Crippen LogP contribution is -2.30. The molecule has 1 aliphatic rings. The van der Waals surface area contributed by atoms with Gasteiger partial charge in [0, 0.05) is 38.9 Å². The van der Waals surface area contributed by atoms with E-state index in [9.17, 15) is 14.4 Å². The van der Waals surface area contributed by atoms with Gasteiger partial charge in [-0.15, -0.1) is 10.2 Å². The summed E-state index contributed by atoms with van der Waals surface area (Å²) in [6.45, 7) is 2.41. The standard InChI is InChI=1S/C26H28N6O3/c33-23(27-15-7-17-30-16-6-12-24(30)34)14-13-22-28-29-26-31(18-19-8-2-1-3-9-19)25(35)20-10-4-5-11-21(20)32(22)26/h1-5,8-11H,6-7,12-18H2,(H,27,33). The van der Waals surface area contributed by atoms with Crippen molar-refractivity contribution in [1.82, 2.24) is 29.4 Å². The summed E-state index contributed by atoms with van der Waals surface area (Å²) in [6, 6.07) is 17.2. The normalized spacial score (nSPS) is 13.7. The fraction of sp³-hybridized carbons (Fsp3) is 0.346. The number of aryl methyl sites for hydroxylation is 1. The van der Waals surface area contributed by atoms with Crippen molar-refractivity contribution in [2.75, 3.05) is 19.6 Å². The molecule has 3 heterocycles. The van der Waals surface area contributed by atoms with Crippen LogP contribution in [0, 0.1) is 0 Å². The van der Waals surface area contributed by atoms with E-state index in [1.165, 1.54) is 0 Å². The Morgan fingerprint density at radius 3 is 2.60 bits per heavy atom. The summed E-state index contributed by atoms with van der Waals surface area (Å²) in [7, 11) is 0. The van der Waals surface area contributed by atoms with Crippen molar-refractivity contribution in [2.45, 2.75) is 38.6 Å². The van der Waals surface area contributed by atoms with Crippen LogP contribution in [0.4, 0.5) is 0 Å². The van der Waals surface area contributed by atoms with Gasteiger partial charge in [0.05, 0.1) is 17.4 Å². The van der Waals surface area contributed by atoms with Crippen LogP contribution in [-0.2, 0) is 22.6 Å². The maximum atomic E-state index is 13.3. The van der Waals surface area contributed by atoms with Gasteiger partial charge in [0.1, 0.15) is 5.82 Å². The minimum atomic E-state index is -0.120. The molecule has 0 radical (unpaired) electrons. The molecule has 0 unspecified atom stereocenters. The molecular weight excluding hydrogens is 444 g/mol. The van der Waals surface area contributed by atoms with Crippen LogP contribution in [0.2, 0.25) is 0 Å². The Morgan fingerprint density at radius 1 is 1.00 bits per heavy atom. The topological polar surface area (TPSA) is 102 Å². The lowest BCUT2D eigenvalue weighted by atomic mass is 10.2. The fourth-order valence-electron chi connectivity index (χ4n) is 4.64. The van der Waals surface area contributed by atoms with Crippen LogP contribution in [0.15, 0.2) is 59.4 Å². The van der Waals surface area contributed by atoms with Crippen LogP contribution in [0.5, 0.6) is 0 Å². The Labute approximate surface area is 202 Å². The number of fused-ring (bicyclic) bond motifs is 3. The van der Waals surface area contributed by atoms with E-state index in [1.54, 1.807) is 10.6 Å². The zero-order valence-electron chi connectivity index (χ0n) is 19.5. The van der Waals surface area contributed by atoms with E-state index in [2.05, 4.69) is 15.5 Å². The van der Waals surface area contributed by atoms with E-state index in [1.807, 2.05) is 57.8 Å². The van der Waals surface area contributed by atoms with Crippen LogP contribution in [0.3, 0.4) is 0 Å². The summed E-state index contributed by atoms with van der Waals surface area (Å²) in [5, 5.41) is 12.2. The zero-order valence-corrected chi connectivity index (χ0v) is 19.5. The second-order valence-corrected chi connectivity index (χ2v) is 8.83. The van der Waals surface area contributed by atoms with Gasteiger partial charge in [-0.2, -0.15) is 0 Å². The molecule has 0 bridgehead atoms. The molecule has 9 nitrogen and oxygen atoms in total. The molecule has 1 saturated heterocycles. The van der Waals surface area contributed by atoms with Crippen LogP contribution < -0.4 is 10.9 Å². The van der Waals surface area contributed by atoms with Gasteiger partial charge in [0.25, 0.3) is 5.56 Å². The highest BCUT2D eigenvalue weighted by Crippen LogP contribution is 2.16. The quantitative estimate of drug-likeness (QED) is 0.376. The molecule has 1 N–H and O–H groups in total. The van der Waals surface area contributed by atoms with Crippen molar-refractivity contribution in [2.24, 2.45) is 0 Å². The first-order chi connectivity index (χ1) is 17.1. The average Bonchev–Trinajstić information content (AvgIpc) is 3.50. The van der Waals surface area contributed by atoms with E-state index in [4.69, 9.17) is 0 Å². The highest BCUT2D eigenvalue weighted by molar-refractivity contribution is 5.81. The Morgan fingerprint density at radius 2 is 1.80 bits per heavy atom. The third-order valence-corrected chi connectivity index (χ3v) is 6.43. The molecule has 1 fully saturated rings. The Balaban J connectivity index is 1.32. The molecule has 0 saturated carbocycles. The number of para-hydroxylation sites is 1. The first-order valence-corrected chi connectivity index (χ1v) is 12.1. The highest BCUT2D eigenvalue weighted by Gasteiger charge is 2.20. The van der Waals surface area contributed by atoms with Crippen molar-refractivity contribution >= 4 is 28.5 Å². The van der Waals surface area contributed by atoms with E-state index < -0.39 is 0 Å². The van der Waals surface area contributed by atoms with Crippen molar-refractivity contribution in [3.63, 3.8) is 0 Å². The number of benzene rings is 2. The molecule has 0 atom stereocenters. The Kier molecular flexibility index (Phi) is 6.56. The van der Waals surface area contributed by atoms with Gasteiger partial charge in [-0.05, 0) is 30.5 Å². The third-order valence-electron chi connectivity index (χ3n) is 6.43. The van der Waals surface area contributed by atoms with Gasteiger partial charge in [0.2, 0.25) is 17.6 Å². The molecular formula is C26H28N6O3. The minimum absolute atomic E-state index is 0.0728. The number of hydrogen-bond donors (Lipinski definition) is 1. The number of hydrogen-bond acceptors (Lipinski definition) is 5. The van der Waals surface area contributed by atoms with Gasteiger partial charge >= 0.3 is 0 Å². The lowest BCUT2D eigenvalue weighted by Gasteiger charge is -2.15. The second-order valence-electron chi connectivity index (χ2n) is 8.83. The van der Waals surface area contributed by atoms with Gasteiger partial charge in [-0.25, -0.2) is 0 Å². The second kappa shape index (κ2) is 10.1. The van der Waals surface area contributed by atoms with Gasteiger partial charge in [0.15, 0.2) is 0 Å². The van der Waals surface area contributed by atoms with Gasteiger partial charge < -0.3 is 10.2 Å². The molecule has 2 aromatic carbocycles. The van der Waals surface area contributed by atoms with E-state index in [-0.39, 0.29) is 23.8 Å². The maximum absolute atomic E-state index is 13.3. The van der Waals surface area contributed by atoms with Crippen molar-refractivity contribution in [1.29, 1.82) is 0 Å². The minimum Gasteiger partial charge on any atom is -0.356 e. The predicted octanol–water partition coefficient (Wildman–Crippen LogP) is 2.15. The van der Waals surface area contributed by atoms with E-state index >= 15 is 0 Å². The molecule has 9 heteroatoms. The summed E-state index contributed by atoms with van der Waals surface area (Å²) in [5.74, 6) is 1.23. The number of carbonyl (C=O) groups excluding carboxylic acids is 2. The first-order valence-electron chi connectivity index (χ1n) is 12.1. The molecule has 4 aromatic rings. The SMILES string of the molecule is O=C(CCc1nnc2n(Cc3ccccc3)c(=O)c3ccccc3n12)NCCCN1CCCC1=O. The lowest BCUT2D eigenvalue weighted by molar-refractivity contribution is -0.127. The van der Waals surface area contributed by atoms with Crippen LogP contribution >= 0.6 is 0 Å². The van der Waals surface area contributed by atoms with Crippen molar-refractivity contribution < 1.29 is 9.59 Å². The predicted molar refractivity (Wildman–Crippen MR) is 132 cm³/mol. The number of aromatic nitrogens is 4. The maximum Gasteiger partial charge on any atom is 0.263 e. The zero-order chi connectivity index (χ0) is 24.2. The van der Waals surface area contributed by atoms with E-state index in [0.717, 1.165) is 30.5 Å². The summed E-state index contributed by atoms with van der Waals surface area (Å²) in [5.41, 5.74) is 1.60. The third kappa shape index (κ3) is 4.80. The summed E-state index contributed by atoms with van der Waals surface area (Å²) in [4.78, 5) is 39.3. The van der Waals surface area contributed by atoms with Crippen molar-refractivity contribution in [3.05, 3.63) is 76.3 Å². The summed E-state index contributed by atoms with van der Waals surface area (Å²) in [6.07, 6.45) is 2.94. The molecule has 2 aromatic heterocycles. The molecule has 5 rings (SSSR count). The molecule has 0 spiro atoms. The molecule has 1 aliphatic heterocycles. The van der Waals surface area contributed by atoms with Crippen LogP contribution in [0.1, 0.15) is 37.1 Å². The number of nitrogens with one attached hydrogen (secondary N) is 1. The summed E-state index contributed by atoms with van der Waals surface area (Å²) >= 11 is 0. The number of nitrogens with zero attached hydrogens (tertiary/aromatic N) is 5. The largest absolute Gasteiger partial charge is 0.356 e. The highest BCUT2D eigenvalue weighted by atomic mass is 16.2. The smallest absolute Gasteiger partial charge is 0.263 e. The molecule has 2 amide bonds. The van der Waals surface area contributed by atoms with E-state index in [0.29, 0.717) is 49.5 Å². The molecule has 35 heavy (non-hydrogen) atoms. The summed E-state index contributed by atoms with van der Waals surface area (Å²) < 4.78 is 3.51. The monoisotopic (exact) mass is 472 g/mol. The molecule has 180 valence electrons. The van der Waals surface area contributed by atoms with Gasteiger partial charge in [-0.3, -0.25) is 23.4 Å². The van der Waals surface area contributed by atoms with Crippen molar-refractivity contribution in [3.8, 4) is 0 Å². The number of amides is 2. The number of likely N-dealkylation sites (tertiary alicyclic amines) is 1. The Bertz CT molecular complexity index is 1430. The number of carbonyl (C=O) groups is 2. The average molecular weight is 473 g/mol.